The molecule has 0 aliphatic carbocycles. The molecule has 73 heavy (non-hydrogen) atoms. The van der Waals surface area contributed by atoms with Crippen LogP contribution in [0.15, 0.2) is 188 Å². The molecule has 9 aromatic rings. The van der Waals surface area contributed by atoms with Crippen molar-refractivity contribution in [2.45, 2.75) is 117 Å². The number of pyridine rings is 1. The van der Waals surface area contributed by atoms with Gasteiger partial charge in [0.05, 0.1) is 23.4 Å². The summed E-state index contributed by atoms with van der Waals surface area (Å²) in [7, 11) is 0. The molecule has 0 fully saturated rings. The molecule has 0 bridgehead atoms. The molecule has 5 nitrogen and oxygen atoms in total. The minimum atomic E-state index is -0.347. The fraction of sp³-hybridized carbons (Fsp3) is 0.279. The normalized spacial score (nSPS) is 13.8. The smallest absolute Gasteiger partial charge is 0.137 e. The number of fused-ring (bicyclic) bond motifs is 3. The maximum absolute atomic E-state index is 7.35. The van der Waals surface area contributed by atoms with Gasteiger partial charge in [0.1, 0.15) is 17.3 Å². The molecule has 2 aromatic heterocycles. The first kappa shape index (κ1) is 49.2. The van der Waals surface area contributed by atoms with Gasteiger partial charge in [-0.25, -0.2) is 4.98 Å². The first-order chi connectivity index (χ1) is 34.6. The fourth-order valence-electron chi connectivity index (χ4n) is 10.6. The molecule has 0 N–H and O–H groups in total. The van der Waals surface area contributed by atoms with Crippen LogP contribution >= 0.6 is 0 Å². The van der Waals surface area contributed by atoms with Gasteiger partial charge in [-0.1, -0.05) is 205 Å². The molecule has 10 rings (SSSR count). The standard InChI is InChI=1S/C68H72N4O/c1-64(2,3)50-35-51(65(4,5)6)37-54(36-50)71-45-70(44-61(71)46-25-17-14-18-26-46)53-38-52(68(12,13)48-29-21-16-22-30-48)39-55(41-53)73-56-42-58(66(7,8)9)63-57-31-23-24-32-59(57)72(60(63)43-56)62-40-49(33-34-69-62)67(10,11)47-27-19-15-20-28-47/h14-44H,45H2,1-13H3. The third-order valence-corrected chi connectivity index (χ3v) is 15.3. The summed E-state index contributed by atoms with van der Waals surface area (Å²) in [6.45, 7) is 30.7. The lowest BCUT2D eigenvalue weighted by atomic mass is 9.78. The van der Waals surface area contributed by atoms with Crippen molar-refractivity contribution >= 4 is 38.9 Å². The minimum absolute atomic E-state index is 0.0281. The topological polar surface area (TPSA) is 33.5 Å². The molecule has 0 unspecified atom stereocenters. The van der Waals surface area contributed by atoms with E-state index in [4.69, 9.17) is 9.72 Å². The molecule has 5 heteroatoms. The van der Waals surface area contributed by atoms with Crippen molar-refractivity contribution in [3.05, 3.63) is 233 Å². The summed E-state index contributed by atoms with van der Waals surface area (Å²) in [5, 5.41) is 2.41. The molecular formula is C68H72N4O. The predicted molar refractivity (Wildman–Crippen MR) is 309 cm³/mol. The first-order valence-corrected chi connectivity index (χ1v) is 26.0. The van der Waals surface area contributed by atoms with Crippen LogP contribution in [-0.4, -0.2) is 16.2 Å². The van der Waals surface area contributed by atoms with Crippen LogP contribution in [0.4, 0.5) is 11.4 Å². The Labute approximate surface area is 434 Å². The minimum Gasteiger partial charge on any atom is -0.457 e. The van der Waals surface area contributed by atoms with Crippen molar-refractivity contribution in [3.8, 4) is 17.3 Å². The molecule has 0 spiro atoms. The zero-order valence-corrected chi connectivity index (χ0v) is 45.3. The third kappa shape index (κ3) is 9.47. The van der Waals surface area contributed by atoms with Crippen LogP contribution in [0.5, 0.6) is 11.5 Å². The van der Waals surface area contributed by atoms with Gasteiger partial charge < -0.3 is 14.5 Å². The van der Waals surface area contributed by atoms with Gasteiger partial charge >= 0.3 is 0 Å². The van der Waals surface area contributed by atoms with Crippen molar-refractivity contribution in [1.82, 2.24) is 9.55 Å². The van der Waals surface area contributed by atoms with Gasteiger partial charge in [0.2, 0.25) is 0 Å². The van der Waals surface area contributed by atoms with Gasteiger partial charge in [-0.3, -0.25) is 4.57 Å². The highest BCUT2D eigenvalue weighted by Gasteiger charge is 2.32. The highest BCUT2D eigenvalue weighted by Crippen LogP contribution is 2.46. The second-order valence-electron chi connectivity index (χ2n) is 24.4. The molecule has 0 radical (unpaired) electrons. The van der Waals surface area contributed by atoms with E-state index in [1.54, 1.807) is 0 Å². The Balaban J connectivity index is 1.14. The van der Waals surface area contributed by atoms with Crippen LogP contribution in [-0.2, 0) is 27.1 Å². The zero-order valence-electron chi connectivity index (χ0n) is 45.3. The van der Waals surface area contributed by atoms with Gasteiger partial charge in [0.15, 0.2) is 0 Å². The van der Waals surface area contributed by atoms with Crippen molar-refractivity contribution in [2.24, 2.45) is 0 Å². The Kier molecular flexibility index (Phi) is 12.3. The van der Waals surface area contributed by atoms with Crippen LogP contribution in [0.3, 0.4) is 0 Å². The number of hydrogen-bond acceptors (Lipinski definition) is 4. The zero-order chi connectivity index (χ0) is 51.7. The van der Waals surface area contributed by atoms with Gasteiger partial charge in [-0.2, -0.15) is 0 Å². The molecule has 1 aliphatic rings. The van der Waals surface area contributed by atoms with Crippen molar-refractivity contribution in [3.63, 3.8) is 0 Å². The molecule has 0 saturated carbocycles. The lowest BCUT2D eigenvalue weighted by Crippen LogP contribution is -2.28. The van der Waals surface area contributed by atoms with Gasteiger partial charge in [-0.15, -0.1) is 0 Å². The average molecular weight is 961 g/mol. The van der Waals surface area contributed by atoms with Crippen LogP contribution < -0.4 is 14.5 Å². The summed E-state index contributed by atoms with van der Waals surface area (Å²) in [6, 6.07) is 64.2. The largest absolute Gasteiger partial charge is 0.457 e. The van der Waals surface area contributed by atoms with E-state index < -0.39 is 0 Å². The Morgan fingerprint density at radius 1 is 0.438 bits per heavy atom. The Hall–Kier alpha value is -7.37. The van der Waals surface area contributed by atoms with E-state index in [-0.39, 0.29) is 27.1 Å². The van der Waals surface area contributed by atoms with Crippen LogP contribution in [0.1, 0.15) is 135 Å². The quantitative estimate of drug-likeness (QED) is 0.137. The molecule has 370 valence electrons. The number of para-hydroxylation sites is 1. The summed E-state index contributed by atoms with van der Waals surface area (Å²) < 4.78 is 9.69. The Morgan fingerprint density at radius 2 is 0.986 bits per heavy atom. The van der Waals surface area contributed by atoms with E-state index in [0.717, 1.165) is 45.3 Å². The summed E-state index contributed by atoms with van der Waals surface area (Å²) in [4.78, 5) is 10.0. The van der Waals surface area contributed by atoms with Crippen LogP contribution in [0, 0.1) is 0 Å². The van der Waals surface area contributed by atoms with Crippen molar-refractivity contribution < 1.29 is 4.74 Å². The van der Waals surface area contributed by atoms with Crippen molar-refractivity contribution in [2.75, 3.05) is 16.5 Å². The monoisotopic (exact) mass is 961 g/mol. The van der Waals surface area contributed by atoms with E-state index in [1.807, 2.05) is 6.20 Å². The van der Waals surface area contributed by atoms with Gasteiger partial charge in [0, 0.05) is 57.5 Å². The highest BCUT2D eigenvalue weighted by molar-refractivity contribution is 6.11. The first-order valence-electron chi connectivity index (χ1n) is 26.0. The number of ether oxygens (including phenoxy) is 1. The predicted octanol–water partition coefficient (Wildman–Crippen LogP) is 17.8. The summed E-state index contributed by atoms with van der Waals surface area (Å²) in [5.74, 6) is 2.43. The molecule has 7 aromatic carbocycles. The number of nitrogens with zero attached hydrogens (tertiary/aromatic N) is 4. The third-order valence-electron chi connectivity index (χ3n) is 15.3. The molecule has 1 aliphatic heterocycles. The van der Waals surface area contributed by atoms with E-state index >= 15 is 0 Å². The second-order valence-corrected chi connectivity index (χ2v) is 24.4. The summed E-state index contributed by atoms with van der Waals surface area (Å²) in [6.07, 6.45) is 4.29. The number of aromatic nitrogens is 2. The number of benzene rings is 7. The molecule has 3 heterocycles. The summed E-state index contributed by atoms with van der Waals surface area (Å²) >= 11 is 0. The molecular weight excluding hydrogens is 889 g/mol. The SMILES string of the molecule is CC(C)(C)c1cc(N2CN(c3cc(Oc4cc(C(C)(C)C)c5c6ccccc6n(-c6cc(C(C)(C)c7ccccc7)ccn6)c5c4)cc(C(C)(C)c4ccccc4)c3)C=C2c2ccccc2)cc(C(C)(C)C)c1. The van der Waals surface area contributed by atoms with E-state index in [0.29, 0.717) is 6.67 Å². The van der Waals surface area contributed by atoms with E-state index in [1.165, 1.54) is 55.4 Å². The lowest BCUT2D eigenvalue weighted by molar-refractivity contribution is 0.477. The molecule has 0 atom stereocenters. The number of hydrogen-bond donors (Lipinski definition) is 0. The fourth-order valence-corrected chi connectivity index (χ4v) is 10.6. The van der Waals surface area contributed by atoms with Gasteiger partial charge in [0.25, 0.3) is 0 Å². The maximum Gasteiger partial charge on any atom is 0.137 e. The highest BCUT2D eigenvalue weighted by atomic mass is 16.5. The Bertz CT molecular complexity index is 3470. The molecule has 0 saturated heterocycles. The maximum atomic E-state index is 7.35. The summed E-state index contributed by atoms with van der Waals surface area (Å²) in [5.41, 5.74) is 14.6. The van der Waals surface area contributed by atoms with Crippen molar-refractivity contribution in [1.29, 1.82) is 0 Å². The van der Waals surface area contributed by atoms with E-state index in [9.17, 15) is 0 Å². The average Bonchev–Trinajstić information content (AvgIpc) is 3.97. The van der Waals surface area contributed by atoms with E-state index in [2.05, 4.69) is 287 Å². The number of rotatable bonds is 10. The van der Waals surface area contributed by atoms with Crippen LogP contribution in [0.2, 0.25) is 0 Å². The Morgan fingerprint density at radius 3 is 1.59 bits per heavy atom. The second kappa shape index (κ2) is 18.3. The number of anilines is 2. The molecule has 0 amide bonds. The van der Waals surface area contributed by atoms with Gasteiger partial charge in [-0.05, 0) is 109 Å². The van der Waals surface area contributed by atoms with Crippen LogP contribution in [0.25, 0.3) is 33.3 Å². The lowest BCUT2D eigenvalue weighted by Gasteiger charge is -2.31.